The van der Waals surface area contributed by atoms with Gasteiger partial charge in [-0.05, 0) is 89.8 Å². The van der Waals surface area contributed by atoms with Gasteiger partial charge in [0.2, 0.25) is 11.8 Å². The second-order valence-electron chi connectivity index (χ2n) is 10.7. The van der Waals surface area contributed by atoms with Crippen molar-refractivity contribution in [1.29, 1.82) is 0 Å². The highest BCUT2D eigenvalue weighted by molar-refractivity contribution is 6.20. The summed E-state index contributed by atoms with van der Waals surface area (Å²) < 4.78 is 6.43. The first-order valence-electron chi connectivity index (χ1n) is 12.5. The molecule has 0 radical (unpaired) electrons. The molecular formula is C30H33N3O5. The first kappa shape index (κ1) is 26.9. The average molecular weight is 516 g/mol. The van der Waals surface area contributed by atoms with Crippen LogP contribution >= 0.6 is 0 Å². The lowest BCUT2D eigenvalue weighted by molar-refractivity contribution is -0.384. The van der Waals surface area contributed by atoms with Crippen LogP contribution in [0.5, 0.6) is 5.75 Å². The third-order valence-electron chi connectivity index (χ3n) is 6.99. The summed E-state index contributed by atoms with van der Waals surface area (Å²) in [5, 5.41) is 11.2. The van der Waals surface area contributed by atoms with Crippen molar-refractivity contribution in [2.45, 2.75) is 61.7 Å². The number of nitro benzene ring substituents is 1. The molecule has 2 amide bonds. The quantitative estimate of drug-likeness (QED) is 0.229. The number of carbonyl (C=O) groups excluding carboxylic acids is 2. The van der Waals surface area contributed by atoms with Gasteiger partial charge in [-0.25, -0.2) is 0 Å². The largest absolute Gasteiger partial charge is 0.451 e. The van der Waals surface area contributed by atoms with E-state index < -0.39 is 16.7 Å². The smallest absolute Gasteiger partial charge is 0.269 e. The number of hydrogen-bond acceptors (Lipinski definition) is 5. The van der Waals surface area contributed by atoms with E-state index in [4.69, 9.17) is 4.74 Å². The summed E-state index contributed by atoms with van der Waals surface area (Å²) in [6.07, 6.45) is -1.16. The van der Waals surface area contributed by atoms with Crippen LogP contribution in [0.15, 0.2) is 48.5 Å². The summed E-state index contributed by atoms with van der Waals surface area (Å²) in [4.78, 5) is 42.0. The van der Waals surface area contributed by atoms with Gasteiger partial charge in [0.1, 0.15) is 11.2 Å². The van der Waals surface area contributed by atoms with Crippen molar-refractivity contribution in [1.82, 2.24) is 0 Å². The van der Waals surface area contributed by atoms with Crippen LogP contribution in [0.25, 0.3) is 0 Å². The predicted octanol–water partition coefficient (Wildman–Crippen LogP) is 6.21. The molecule has 0 N–H and O–H groups in total. The fourth-order valence-corrected chi connectivity index (χ4v) is 5.41. The van der Waals surface area contributed by atoms with Gasteiger partial charge < -0.3 is 4.74 Å². The van der Waals surface area contributed by atoms with E-state index in [1.807, 2.05) is 65.8 Å². The molecule has 1 aliphatic rings. The maximum Gasteiger partial charge on any atom is 0.269 e. The summed E-state index contributed by atoms with van der Waals surface area (Å²) in [7, 11) is 0. The molecule has 1 fully saturated rings. The van der Waals surface area contributed by atoms with Crippen LogP contribution in [-0.4, -0.2) is 23.1 Å². The van der Waals surface area contributed by atoms with E-state index in [-0.39, 0.29) is 17.5 Å². The highest BCUT2D eigenvalue weighted by Gasteiger charge is 2.54. The molecule has 1 heterocycles. The number of amides is 2. The van der Waals surface area contributed by atoms with Gasteiger partial charge in [0.15, 0.2) is 0 Å². The lowest BCUT2D eigenvalue weighted by Crippen LogP contribution is -2.69. The zero-order valence-corrected chi connectivity index (χ0v) is 23.1. The van der Waals surface area contributed by atoms with Gasteiger partial charge in [-0.3, -0.25) is 29.5 Å². The number of aryl methyl sites for hydroxylation is 6. The third kappa shape index (κ3) is 4.51. The Labute approximate surface area is 223 Å². The number of anilines is 2. The van der Waals surface area contributed by atoms with Gasteiger partial charge >= 0.3 is 0 Å². The number of hydrogen-bond donors (Lipinski definition) is 0. The Morgan fingerprint density at radius 2 is 1.11 bits per heavy atom. The van der Waals surface area contributed by atoms with Gasteiger partial charge in [0.25, 0.3) is 12.0 Å². The molecule has 38 heavy (non-hydrogen) atoms. The number of nitrogens with zero attached hydrogens (tertiary/aromatic N) is 3. The van der Waals surface area contributed by atoms with Crippen molar-refractivity contribution >= 4 is 28.9 Å². The van der Waals surface area contributed by atoms with E-state index in [1.165, 1.54) is 24.3 Å². The maximum absolute atomic E-state index is 14.1. The fraction of sp³-hybridized carbons (Fsp3) is 0.333. The molecule has 0 unspecified atom stereocenters. The molecule has 4 rings (SSSR count). The summed E-state index contributed by atoms with van der Waals surface area (Å²) in [5.74, 6) is -0.480. The van der Waals surface area contributed by atoms with Crippen LogP contribution in [0, 0.1) is 57.1 Å². The highest BCUT2D eigenvalue weighted by Crippen LogP contribution is 2.42. The van der Waals surface area contributed by atoms with E-state index >= 15 is 0 Å². The number of carbonyl (C=O) groups is 2. The Morgan fingerprint density at radius 3 is 1.45 bits per heavy atom. The van der Waals surface area contributed by atoms with Gasteiger partial charge in [0, 0.05) is 12.1 Å². The molecule has 0 saturated carbocycles. The van der Waals surface area contributed by atoms with Crippen molar-refractivity contribution in [3.8, 4) is 5.75 Å². The molecule has 0 atom stereocenters. The van der Waals surface area contributed by atoms with Crippen molar-refractivity contribution in [3.05, 3.63) is 92.0 Å². The maximum atomic E-state index is 14.1. The number of benzene rings is 3. The molecule has 0 spiro atoms. The second-order valence-corrected chi connectivity index (χ2v) is 10.7. The van der Waals surface area contributed by atoms with E-state index in [2.05, 4.69) is 0 Å². The van der Waals surface area contributed by atoms with Gasteiger partial charge in [-0.15, -0.1) is 0 Å². The molecule has 8 heteroatoms. The molecule has 0 aromatic heterocycles. The molecule has 3 aromatic rings. The van der Waals surface area contributed by atoms with Crippen LogP contribution in [0.2, 0.25) is 0 Å². The Morgan fingerprint density at radius 1 is 0.737 bits per heavy atom. The van der Waals surface area contributed by atoms with Crippen LogP contribution in [0.1, 0.15) is 47.2 Å². The molecule has 198 valence electrons. The van der Waals surface area contributed by atoms with Crippen LogP contribution in [0.3, 0.4) is 0 Å². The zero-order chi connectivity index (χ0) is 28.1. The SMILES string of the molecule is Cc1cc(C)c(N2C(=O)C(C)(C)C(=O)N(c3c(C)cc(C)cc3C)C2Oc2ccc([N+](=O)[O-])cc2)c(C)c1. The standard InChI is InChI=1S/C30H33N3O5/c1-17-13-19(3)25(20(4)14-17)31-27(34)30(7,8)28(35)32(26-21(5)15-18(2)16-22(26)6)29(31)38-24-11-9-23(10-12-24)33(36)37/h9-16,29H,1-8H3. The normalized spacial score (nSPS) is 15.7. The number of ether oxygens (including phenoxy) is 1. The van der Waals surface area contributed by atoms with Crippen molar-refractivity contribution < 1.29 is 19.2 Å². The van der Waals surface area contributed by atoms with Crippen molar-refractivity contribution in [2.75, 3.05) is 9.80 Å². The third-order valence-corrected chi connectivity index (χ3v) is 6.99. The van der Waals surface area contributed by atoms with Crippen molar-refractivity contribution in [2.24, 2.45) is 5.41 Å². The number of nitro groups is 1. The Balaban J connectivity index is 1.99. The first-order valence-corrected chi connectivity index (χ1v) is 12.5. The van der Waals surface area contributed by atoms with Crippen LogP contribution in [0.4, 0.5) is 17.1 Å². The molecule has 8 nitrogen and oxygen atoms in total. The second kappa shape index (κ2) is 9.59. The Kier molecular flexibility index (Phi) is 6.78. The first-order chi connectivity index (χ1) is 17.7. The number of non-ortho nitro benzene ring substituents is 1. The fourth-order valence-electron chi connectivity index (χ4n) is 5.41. The predicted molar refractivity (Wildman–Crippen MR) is 148 cm³/mol. The molecule has 0 bridgehead atoms. The minimum absolute atomic E-state index is 0.0848. The number of rotatable bonds is 5. The summed E-state index contributed by atoms with van der Waals surface area (Å²) in [6, 6.07) is 13.6. The molecule has 1 saturated heterocycles. The summed E-state index contributed by atoms with van der Waals surface area (Å²) >= 11 is 0. The minimum Gasteiger partial charge on any atom is -0.451 e. The van der Waals surface area contributed by atoms with Crippen LogP contribution in [-0.2, 0) is 9.59 Å². The van der Waals surface area contributed by atoms with E-state index in [0.717, 1.165) is 33.4 Å². The van der Waals surface area contributed by atoms with E-state index in [0.29, 0.717) is 17.1 Å². The highest BCUT2D eigenvalue weighted by atomic mass is 16.6. The molecular weight excluding hydrogens is 482 g/mol. The average Bonchev–Trinajstić information content (AvgIpc) is 2.81. The topological polar surface area (TPSA) is 93.0 Å². The Bertz CT molecular complexity index is 1330. The van der Waals surface area contributed by atoms with E-state index in [9.17, 15) is 19.7 Å². The lowest BCUT2D eigenvalue weighted by atomic mass is 9.85. The van der Waals surface area contributed by atoms with Gasteiger partial charge in [-0.2, -0.15) is 0 Å². The van der Waals surface area contributed by atoms with Crippen molar-refractivity contribution in [3.63, 3.8) is 0 Å². The van der Waals surface area contributed by atoms with E-state index in [1.54, 1.807) is 23.6 Å². The zero-order valence-electron chi connectivity index (χ0n) is 23.1. The van der Waals surface area contributed by atoms with Gasteiger partial charge in [0.05, 0.1) is 16.3 Å². The Hall–Kier alpha value is -4.20. The van der Waals surface area contributed by atoms with Gasteiger partial charge in [-0.1, -0.05) is 35.4 Å². The summed E-state index contributed by atoms with van der Waals surface area (Å²) in [5.41, 5.74) is 5.47. The molecule has 1 aliphatic heterocycles. The summed E-state index contributed by atoms with van der Waals surface area (Å²) in [6.45, 7) is 15.0. The van der Waals surface area contributed by atoms with Crippen LogP contribution < -0.4 is 14.5 Å². The lowest BCUT2D eigenvalue weighted by Gasteiger charge is -2.49. The minimum atomic E-state index is -1.37. The molecule has 0 aliphatic carbocycles. The molecule has 3 aromatic carbocycles. The monoisotopic (exact) mass is 515 g/mol.